The normalized spacial score (nSPS) is 11.1. The van der Waals surface area contributed by atoms with Crippen molar-refractivity contribution in [3.8, 4) is 22.5 Å². The molecule has 25 heavy (non-hydrogen) atoms. The maximum atomic E-state index is 11.0. The SMILES string of the molecule is Cc1oc2ccc(-c3ccc(-c4ccc(C(=O)O)cc4)[nH]3)cc2c1C. The summed E-state index contributed by atoms with van der Waals surface area (Å²) in [5, 5.41) is 10.1. The minimum atomic E-state index is -0.919. The van der Waals surface area contributed by atoms with Gasteiger partial charge < -0.3 is 14.5 Å². The third-order valence-electron chi connectivity index (χ3n) is 4.61. The largest absolute Gasteiger partial charge is 0.478 e. The molecule has 0 radical (unpaired) electrons. The zero-order chi connectivity index (χ0) is 17.6. The van der Waals surface area contributed by atoms with E-state index in [1.54, 1.807) is 12.1 Å². The molecule has 4 nitrogen and oxygen atoms in total. The van der Waals surface area contributed by atoms with Gasteiger partial charge in [0.15, 0.2) is 0 Å². The Morgan fingerprint density at radius 2 is 1.56 bits per heavy atom. The van der Waals surface area contributed by atoms with E-state index < -0.39 is 5.97 Å². The first-order chi connectivity index (χ1) is 12.0. The zero-order valence-corrected chi connectivity index (χ0v) is 14.0. The molecule has 2 N–H and O–H groups in total. The Morgan fingerprint density at radius 1 is 0.920 bits per heavy atom. The molecule has 0 amide bonds. The van der Waals surface area contributed by atoms with E-state index in [9.17, 15) is 4.79 Å². The molecule has 0 spiro atoms. The van der Waals surface area contributed by atoms with Gasteiger partial charge in [-0.1, -0.05) is 12.1 Å². The van der Waals surface area contributed by atoms with Gasteiger partial charge in [-0.25, -0.2) is 4.79 Å². The number of aromatic nitrogens is 1. The second kappa shape index (κ2) is 5.67. The number of hydrogen-bond acceptors (Lipinski definition) is 2. The van der Waals surface area contributed by atoms with Gasteiger partial charge >= 0.3 is 5.97 Å². The van der Waals surface area contributed by atoms with Crippen LogP contribution in [0.4, 0.5) is 0 Å². The van der Waals surface area contributed by atoms with Crippen molar-refractivity contribution in [1.29, 1.82) is 0 Å². The van der Waals surface area contributed by atoms with Crippen LogP contribution in [0.15, 0.2) is 59.0 Å². The number of carboxylic acids is 1. The maximum Gasteiger partial charge on any atom is 0.335 e. The lowest BCUT2D eigenvalue weighted by Gasteiger charge is -2.01. The standard InChI is InChI=1S/C21H17NO3/c1-12-13(2)25-20-10-7-16(11-17(12)20)19-9-8-18(22-19)14-3-5-15(6-4-14)21(23)24/h3-11,22H,1-2H3,(H,23,24). The van der Waals surface area contributed by atoms with Gasteiger partial charge in [-0.2, -0.15) is 0 Å². The summed E-state index contributed by atoms with van der Waals surface area (Å²) in [6, 6.07) is 17.0. The van der Waals surface area contributed by atoms with E-state index in [-0.39, 0.29) is 5.56 Å². The van der Waals surface area contributed by atoms with Gasteiger partial charge in [-0.3, -0.25) is 0 Å². The number of carbonyl (C=O) groups is 1. The van der Waals surface area contributed by atoms with E-state index in [0.717, 1.165) is 44.8 Å². The van der Waals surface area contributed by atoms with Crippen LogP contribution < -0.4 is 0 Å². The van der Waals surface area contributed by atoms with Crippen molar-refractivity contribution in [2.75, 3.05) is 0 Å². The van der Waals surface area contributed by atoms with Gasteiger partial charge in [-0.05, 0) is 73.0 Å². The minimum absolute atomic E-state index is 0.284. The summed E-state index contributed by atoms with van der Waals surface area (Å²) in [5.41, 5.74) is 6.34. The van der Waals surface area contributed by atoms with Crippen LogP contribution in [-0.4, -0.2) is 16.1 Å². The summed E-state index contributed by atoms with van der Waals surface area (Å²) in [5.74, 6) is 0.0237. The quantitative estimate of drug-likeness (QED) is 0.527. The topological polar surface area (TPSA) is 66.2 Å². The number of H-pyrrole nitrogens is 1. The molecule has 0 bridgehead atoms. The Balaban J connectivity index is 1.71. The predicted octanol–water partition coefficient (Wildman–Crippen LogP) is 5.41. The minimum Gasteiger partial charge on any atom is -0.478 e. The number of fused-ring (bicyclic) bond motifs is 1. The van der Waals surface area contributed by atoms with Gasteiger partial charge in [0, 0.05) is 16.8 Å². The number of furan rings is 1. The van der Waals surface area contributed by atoms with Gasteiger partial charge in [0.25, 0.3) is 0 Å². The lowest BCUT2D eigenvalue weighted by Crippen LogP contribution is -1.94. The van der Waals surface area contributed by atoms with Crippen molar-refractivity contribution >= 4 is 16.9 Å². The van der Waals surface area contributed by atoms with Crippen molar-refractivity contribution < 1.29 is 14.3 Å². The van der Waals surface area contributed by atoms with Crippen molar-refractivity contribution in [2.24, 2.45) is 0 Å². The summed E-state index contributed by atoms with van der Waals surface area (Å²) in [6.07, 6.45) is 0. The van der Waals surface area contributed by atoms with Crippen LogP contribution in [0.25, 0.3) is 33.5 Å². The number of nitrogens with one attached hydrogen (secondary N) is 1. The van der Waals surface area contributed by atoms with Crippen LogP contribution in [-0.2, 0) is 0 Å². The van der Waals surface area contributed by atoms with Crippen LogP contribution in [0, 0.1) is 13.8 Å². The smallest absolute Gasteiger partial charge is 0.335 e. The fourth-order valence-electron chi connectivity index (χ4n) is 3.03. The average Bonchev–Trinajstić information content (AvgIpc) is 3.21. The zero-order valence-electron chi connectivity index (χ0n) is 14.0. The van der Waals surface area contributed by atoms with E-state index in [2.05, 4.69) is 18.0 Å². The summed E-state index contributed by atoms with van der Waals surface area (Å²) in [6.45, 7) is 4.04. The van der Waals surface area contributed by atoms with Crippen molar-refractivity contribution in [1.82, 2.24) is 4.98 Å². The lowest BCUT2D eigenvalue weighted by atomic mass is 10.1. The van der Waals surface area contributed by atoms with Gasteiger partial charge in [0.05, 0.1) is 5.56 Å². The Kier molecular flexibility index (Phi) is 3.46. The van der Waals surface area contributed by atoms with E-state index in [1.807, 2.05) is 43.3 Å². The Bertz CT molecular complexity index is 1080. The molecular weight excluding hydrogens is 314 g/mol. The molecule has 4 heteroatoms. The highest BCUT2D eigenvalue weighted by Crippen LogP contribution is 2.31. The fourth-order valence-corrected chi connectivity index (χ4v) is 3.03. The molecule has 0 aliphatic carbocycles. The molecule has 4 rings (SSSR count). The Hall–Kier alpha value is -3.27. The third kappa shape index (κ3) is 2.62. The van der Waals surface area contributed by atoms with Crippen LogP contribution in [0.2, 0.25) is 0 Å². The van der Waals surface area contributed by atoms with Crippen LogP contribution in [0.5, 0.6) is 0 Å². The van der Waals surface area contributed by atoms with Gasteiger partial charge in [0.1, 0.15) is 11.3 Å². The van der Waals surface area contributed by atoms with E-state index >= 15 is 0 Å². The number of rotatable bonds is 3. The van der Waals surface area contributed by atoms with E-state index in [0.29, 0.717) is 0 Å². The summed E-state index contributed by atoms with van der Waals surface area (Å²) in [7, 11) is 0. The number of hydrogen-bond donors (Lipinski definition) is 2. The van der Waals surface area contributed by atoms with E-state index in [4.69, 9.17) is 9.52 Å². The number of aromatic carboxylic acids is 1. The van der Waals surface area contributed by atoms with Gasteiger partial charge in [-0.15, -0.1) is 0 Å². The Labute approximate surface area is 144 Å². The van der Waals surface area contributed by atoms with Crippen molar-refractivity contribution in [3.63, 3.8) is 0 Å². The van der Waals surface area contributed by atoms with Crippen molar-refractivity contribution in [3.05, 3.63) is 71.5 Å². The molecule has 2 aromatic heterocycles. The number of carboxylic acid groups (broad SMARTS) is 1. The van der Waals surface area contributed by atoms with Gasteiger partial charge in [0.2, 0.25) is 0 Å². The molecule has 2 aromatic carbocycles. The fraction of sp³-hybridized carbons (Fsp3) is 0.0952. The lowest BCUT2D eigenvalue weighted by molar-refractivity contribution is 0.0697. The second-order valence-corrected chi connectivity index (χ2v) is 6.16. The first-order valence-electron chi connectivity index (χ1n) is 8.06. The second-order valence-electron chi connectivity index (χ2n) is 6.16. The molecule has 0 saturated heterocycles. The molecule has 0 aliphatic heterocycles. The number of aromatic amines is 1. The van der Waals surface area contributed by atoms with Crippen molar-refractivity contribution in [2.45, 2.75) is 13.8 Å². The van der Waals surface area contributed by atoms with Crippen LogP contribution >= 0.6 is 0 Å². The average molecular weight is 331 g/mol. The molecule has 0 saturated carbocycles. The highest BCUT2D eigenvalue weighted by molar-refractivity contribution is 5.89. The molecule has 0 unspecified atom stereocenters. The predicted molar refractivity (Wildman–Crippen MR) is 97.9 cm³/mol. The molecule has 2 heterocycles. The Morgan fingerprint density at radius 3 is 2.24 bits per heavy atom. The molecule has 0 aliphatic rings. The molecule has 0 fully saturated rings. The summed E-state index contributed by atoms with van der Waals surface area (Å²) in [4.78, 5) is 14.4. The van der Waals surface area contributed by atoms with Crippen LogP contribution in [0.1, 0.15) is 21.7 Å². The molecular formula is C21H17NO3. The highest BCUT2D eigenvalue weighted by atomic mass is 16.4. The first-order valence-corrected chi connectivity index (χ1v) is 8.06. The molecule has 0 atom stereocenters. The first kappa shape index (κ1) is 15.3. The summed E-state index contributed by atoms with van der Waals surface area (Å²) < 4.78 is 5.74. The maximum absolute atomic E-state index is 11.0. The third-order valence-corrected chi connectivity index (χ3v) is 4.61. The highest BCUT2D eigenvalue weighted by Gasteiger charge is 2.10. The number of aryl methyl sites for hydroxylation is 2. The monoisotopic (exact) mass is 331 g/mol. The summed E-state index contributed by atoms with van der Waals surface area (Å²) >= 11 is 0. The van der Waals surface area contributed by atoms with E-state index in [1.165, 1.54) is 0 Å². The molecule has 4 aromatic rings. The van der Waals surface area contributed by atoms with Crippen LogP contribution in [0.3, 0.4) is 0 Å². The molecule has 124 valence electrons. The number of benzene rings is 2.